The molecule has 0 amide bonds. The van der Waals surface area contributed by atoms with Crippen LogP contribution in [0.2, 0.25) is 0 Å². The summed E-state index contributed by atoms with van der Waals surface area (Å²) in [4.78, 5) is 0. The van der Waals surface area contributed by atoms with Gasteiger partial charge in [-0.1, -0.05) is 24.3 Å². The van der Waals surface area contributed by atoms with Crippen LogP contribution >= 0.6 is 0 Å². The fraction of sp³-hybridized carbons (Fsp3) is 0.500. The van der Waals surface area contributed by atoms with Crippen LogP contribution in [0.15, 0.2) is 24.3 Å². The van der Waals surface area contributed by atoms with Gasteiger partial charge in [0.2, 0.25) is 0 Å². The van der Waals surface area contributed by atoms with Gasteiger partial charge >= 0.3 is 0 Å². The first-order valence-electron chi connectivity index (χ1n) is 3.38. The maximum Gasteiger partial charge on any atom is 0.0106 e. The molecule has 0 aliphatic carbocycles. The number of unbranched alkanes of at least 4 members (excludes halogenated alkanes) is 1. The highest BCUT2D eigenvalue weighted by Gasteiger charge is 1.72. The Morgan fingerprint density at radius 3 is 2.33 bits per heavy atom. The molecule has 52 valence electrons. The van der Waals surface area contributed by atoms with Gasteiger partial charge in [0, 0.05) is 6.54 Å². The predicted octanol–water partition coefficient (Wildman–Crippen LogP) is 1.86. The number of hydrogen-bond donors (Lipinski definition) is 1. The van der Waals surface area contributed by atoms with E-state index in [1.807, 2.05) is 13.0 Å². The molecule has 2 N–H and O–H groups in total. The first-order chi connectivity index (χ1) is 4.41. The second kappa shape index (κ2) is 7.44. The summed E-state index contributed by atoms with van der Waals surface area (Å²) in [6.45, 7) is 2.70. The van der Waals surface area contributed by atoms with E-state index < -0.39 is 0 Å². The average Bonchev–Trinajstić information content (AvgIpc) is 1.89. The Balaban J connectivity index is 2.99. The molecule has 0 aromatic rings. The molecule has 0 aromatic heterocycles. The third-order valence-electron chi connectivity index (χ3n) is 1.04. The highest BCUT2D eigenvalue weighted by molar-refractivity contribution is 4.86. The molecule has 9 heavy (non-hydrogen) atoms. The molecule has 0 aliphatic heterocycles. The van der Waals surface area contributed by atoms with Crippen LogP contribution < -0.4 is 5.73 Å². The quantitative estimate of drug-likeness (QED) is 0.450. The standard InChI is InChI=1S/C8H15N/c1-2-3-4-5-6-7-8-9/h2-3,6-7H,4-5,8-9H2,1H3. The Bertz CT molecular complexity index is 92.7. The lowest BCUT2D eigenvalue weighted by molar-refractivity contribution is 1.04. The van der Waals surface area contributed by atoms with E-state index in [1.54, 1.807) is 0 Å². The van der Waals surface area contributed by atoms with Gasteiger partial charge in [-0.3, -0.25) is 0 Å². The zero-order chi connectivity index (χ0) is 6.95. The van der Waals surface area contributed by atoms with Gasteiger partial charge in [-0.15, -0.1) is 0 Å². The van der Waals surface area contributed by atoms with E-state index in [4.69, 9.17) is 5.73 Å². The summed E-state index contributed by atoms with van der Waals surface area (Å²) in [6, 6.07) is 0. The van der Waals surface area contributed by atoms with Crippen molar-refractivity contribution in [3.63, 3.8) is 0 Å². The van der Waals surface area contributed by atoms with Crippen LogP contribution in [0.3, 0.4) is 0 Å². The molecule has 0 spiro atoms. The van der Waals surface area contributed by atoms with Crippen molar-refractivity contribution in [3.8, 4) is 0 Å². The molecule has 0 aromatic carbocycles. The Labute approximate surface area is 57.3 Å². The number of allylic oxidation sites excluding steroid dienone is 3. The van der Waals surface area contributed by atoms with Crippen molar-refractivity contribution in [1.82, 2.24) is 0 Å². The van der Waals surface area contributed by atoms with E-state index >= 15 is 0 Å². The Morgan fingerprint density at radius 2 is 1.78 bits per heavy atom. The van der Waals surface area contributed by atoms with Gasteiger partial charge in [-0.05, 0) is 19.8 Å². The second-order valence-electron chi connectivity index (χ2n) is 1.85. The van der Waals surface area contributed by atoms with Gasteiger partial charge in [0.05, 0.1) is 0 Å². The molecular weight excluding hydrogens is 110 g/mol. The zero-order valence-corrected chi connectivity index (χ0v) is 6.01. The lowest BCUT2D eigenvalue weighted by Crippen LogP contribution is -1.91. The first-order valence-corrected chi connectivity index (χ1v) is 3.38. The predicted molar refractivity (Wildman–Crippen MR) is 42.2 cm³/mol. The van der Waals surface area contributed by atoms with Crippen molar-refractivity contribution >= 4 is 0 Å². The minimum absolute atomic E-state index is 0.663. The summed E-state index contributed by atoms with van der Waals surface area (Å²) in [5, 5.41) is 0. The van der Waals surface area contributed by atoms with Crippen LogP contribution in [0.5, 0.6) is 0 Å². The van der Waals surface area contributed by atoms with Crippen LogP contribution in [0, 0.1) is 0 Å². The largest absolute Gasteiger partial charge is 0.327 e. The molecule has 0 unspecified atom stereocenters. The maximum atomic E-state index is 5.24. The van der Waals surface area contributed by atoms with Crippen LogP contribution in [0.25, 0.3) is 0 Å². The van der Waals surface area contributed by atoms with Crippen LogP contribution in [-0.4, -0.2) is 6.54 Å². The van der Waals surface area contributed by atoms with Crippen molar-refractivity contribution in [2.75, 3.05) is 6.54 Å². The molecule has 0 saturated carbocycles. The summed E-state index contributed by atoms with van der Waals surface area (Å²) in [5.41, 5.74) is 5.24. The minimum Gasteiger partial charge on any atom is -0.327 e. The first kappa shape index (κ1) is 8.44. The molecule has 1 heteroatoms. The van der Waals surface area contributed by atoms with E-state index in [0.717, 1.165) is 12.8 Å². The van der Waals surface area contributed by atoms with E-state index in [2.05, 4.69) is 18.2 Å². The van der Waals surface area contributed by atoms with Crippen molar-refractivity contribution in [3.05, 3.63) is 24.3 Å². The molecule has 1 nitrogen and oxygen atoms in total. The third-order valence-corrected chi connectivity index (χ3v) is 1.04. The van der Waals surface area contributed by atoms with E-state index in [9.17, 15) is 0 Å². The molecule has 0 bridgehead atoms. The number of rotatable bonds is 4. The van der Waals surface area contributed by atoms with Crippen LogP contribution in [0.4, 0.5) is 0 Å². The van der Waals surface area contributed by atoms with Gasteiger partial charge in [0.15, 0.2) is 0 Å². The Hall–Kier alpha value is -0.560. The average molecular weight is 125 g/mol. The van der Waals surface area contributed by atoms with Gasteiger partial charge in [-0.2, -0.15) is 0 Å². The summed E-state index contributed by atoms with van der Waals surface area (Å²) >= 11 is 0. The molecule has 0 atom stereocenters. The lowest BCUT2D eigenvalue weighted by atomic mass is 10.3. The van der Waals surface area contributed by atoms with E-state index in [1.165, 1.54) is 0 Å². The third kappa shape index (κ3) is 7.44. The summed E-state index contributed by atoms with van der Waals surface area (Å²) in [6.07, 6.45) is 10.6. The number of nitrogens with two attached hydrogens (primary N) is 1. The van der Waals surface area contributed by atoms with Crippen molar-refractivity contribution in [1.29, 1.82) is 0 Å². The van der Waals surface area contributed by atoms with Crippen LogP contribution in [0.1, 0.15) is 19.8 Å². The smallest absolute Gasteiger partial charge is 0.0106 e. The van der Waals surface area contributed by atoms with Crippen LogP contribution in [-0.2, 0) is 0 Å². The van der Waals surface area contributed by atoms with Crippen molar-refractivity contribution < 1.29 is 0 Å². The Morgan fingerprint density at radius 1 is 1.11 bits per heavy atom. The van der Waals surface area contributed by atoms with Crippen molar-refractivity contribution in [2.24, 2.45) is 5.73 Å². The summed E-state index contributed by atoms with van der Waals surface area (Å²) < 4.78 is 0. The monoisotopic (exact) mass is 125 g/mol. The second-order valence-corrected chi connectivity index (χ2v) is 1.85. The number of hydrogen-bond acceptors (Lipinski definition) is 1. The molecule has 0 saturated heterocycles. The fourth-order valence-electron chi connectivity index (χ4n) is 0.573. The fourth-order valence-corrected chi connectivity index (χ4v) is 0.573. The highest BCUT2D eigenvalue weighted by atomic mass is 14.5. The maximum absolute atomic E-state index is 5.24. The van der Waals surface area contributed by atoms with E-state index in [-0.39, 0.29) is 0 Å². The lowest BCUT2D eigenvalue weighted by Gasteiger charge is -1.83. The molecule has 0 aliphatic rings. The van der Waals surface area contributed by atoms with Crippen molar-refractivity contribution in [2.45, 2.75) is 19.8 Å². The van der Waals surface area contributed by atoms with Gasteiger partial charge in [0.25, 0.3) is 0 Å². The normalized spacial score (nSPS) is 11.8. The molecular formula is C8H15N. The van der Waals surface area contributed by atoms with Gasteiger partial charge in [-0.25, -0.2) is 0 Å². The van der Waals surface area contributed by atoms with Gasteiger partial charge in [0.1, 0.15) is 0 Å². The molecule has 0 radical (unpaired) electrons. The zero-order valence-electron chi connectivity index (χ0n) is 6.01. The highest BCUT2D eigenvalue weighted by Crippen LogP contribution is 1.90. The molecule has 0 heterocycles. The van der Waals surface area contributed by atoms with E-state index in [0.29, 0.717) is 6.54 Å². The van der Waals surface area contributed by atoms with Gasteiger partial charge < -0.3 is 5.73 Å². The SMILES string of the molecule is CC=CCCC=CCN. The molecule has 0 rings (SSSR count). The summed E-state index contributed by atoms with van der Waals surface area (Å²) in [7, 11) is 0. The minimum atomic E-state index is 0.663. The summed E-state index contributed by atoms with van der Waals surface area (Å²) in [5.74, 6) is 0. The molecule has 0 fully saturated rings. The topological polar surface area (TPSA) is 26.0 Å². The Kier molecular flexibility index (Phi) is 6.98.